The summed E-state index contributed by atoms with van der Waals surface area (Å²) in [6.07, 6.45) is 1.09. The molecule has 0 aromatic heterocycles. The molecule has 0 atom stereocenters. The van der Waals surface area contributed by atoms with Gasteiger partial charge in [-0.3, -0.25) is 4.79 Å². The average molecular weight is 281 g/mol. The number of likely N-dealkylation sites (N-methyl/N-ethyl adjacent to an activating group) is 1. The van der Waals surface area contributed by atoms with Gasteiger partial charge in [-0.1, -0.05) is 0 Å². The van der Waals surface area contributed by atoms with E-state index in [0.29, 0.717) is 37.3 Å². The van der Waals surface area contributed by atoms with Gasteiger partial charge in [0, 0.05) is 19.2 Å². The molecule has 1 aliphatic rings. The zero-order valence-electron chi connectivity index (χ0n) is 11.4. The van der Waals surface area contributed by atoms with Crippen LogP contribution in [0.15, 0.2) is 12.1 Å². The second kappa shape index (κ2) is 5.16. The van der Waals surface area contributed by atoms with Crippen molar-refractivity contribution in [3.8, 4) is 0 Å². The third kappa shape index (κ3) is 2.36. The third-order valence-corrected chi connectivity index (χ3v) is 4.05. The van der Waals surface area contributed by atoms with Gasteiger partial charge in [-0.2, -0.15) is 0 Å². The van der Waals surface area contributed by atoms with Gasteiger partial charge in [0.05, 0.1) is 17.1 Å². The van der Waals surface area contributed by atoms with Crippen LogP contribution >= 0.6 is 0 Å². The number of nitrogens with zero attached hydrogens (tertiary/aromatic N) is 1. The summed E-state index contributed by atoms with van der Waals surface area (Å²) in [7, 11) is 1.72. The molecular weight excluding hydrogens is 261 g/mol. The van der Waals surface area contributed by atoms with Crippen molar-refractivity contribution in [1.82, 2.24) is 5.32 Å². The molecule has 1 aliphatic heterocycles. The number of piperidine rings is 1. The summed E-state index contributed by atoms with van der Waals surface area (Å²) >= 11 is 0. The molecule has 1 aromatic rings. The molecule has 2 rings (SSSR count). The second-order valence-electron chi connectivity index (χ2n) is 5.12. The van der Waals surface area contributed by atoms with Gasteiger partial charge in [0.1, 0.15) is 11.4 Å². The average Bonchev–Trinajstić information content (AvgIpc) is 2.43. The van der Waals surface area contributed by atoms with Crippen LogP contribution in [0.25, 0.3) is 0 Å². The number of hydrogen-bond donors (Lipinski definition) is 4. The number of halogens is 1. The van der Waals surface area contributed by atoms with Crippen molar-refractivity contribution in [1.29, 1.82) is 0 Å². The van der Waals surface area contributed by atoms with Crippen molar-refractivity contribution in [3.63, 3.8) is 0 Å². The summed E-state index contributed by atoms with van der Waals surface area (Å²) in [6, 6.07) is 2.75. The minimum atomic E-state index is -0.697. The van der Waals surface area contributed by atoms with Gasteiger partial charge in [0.25, 0.3) is 0 Å². The summed E-state index contributed by atoms with van der Waals surface area (Å²) in [5.74, 6) is -0.856. The highest BCUT2D eigenvalue weighted by Crippen LogP contribution is 2.32. The Bertz CT molecular complexity index is 526. The van der Waals surface area contributed by atoms with Gasteiger partial charge in [-0.25, -0.2) is 4.39 Å². The van der Waals surface area contributed by atoms with Crippen LogP contribution in [0.1, 0.15) is 12.8 Å². The van der Waals surface area contributed by atoms with Crippen LogP contribution in [0.4, 0.5) is 21.5 Å². The molecule has 1 aromatic carbocycles. The van der Waals surface area contributed by atoms with Gasteiger partial charge in [-0.05, 0) is 26.0 Å². The Morgan fingerprint density at radius 1 is 1.30 bits per heavy atom. The van der Waals surface area contributed by atoms with E-state index >= 15 is 0 Å². The fourth-order valence-electron chi connectivity index (χ4n) is 2.62. The van der Waals surface area contributed by atoms with E-state index in [1.54, 1.807) is 7.05 Å². The van der Waals surface area contributed by atoms with Gasteiger partial charge >= 0.3 is 0 Å². The zero-order chi connectivity index (χ0) is 14.9. The Hall–Kier alpha value is -2.02. The Morgan fingerprint density at radius 2 is 1.90 bits per heavy atom. The highest BCUT2D eigenvalue weighted by Gasteiger charge is 2.38. The van der Waals surface area contributed by atoms with Crippen LogP contribution in [-0.4, -0.2) is 31.6 Å². The van der Waals surface area contributed by atoms with Crippen molar-refractivity contribution in [2.75, 3.05) is 36.5 Å². The number of rotatable bonds is 3. The Labute approximate surface area is 117 Å². The maximum atomic E-state index is 13.6. The molecular formula is C13H20FN5O. The molecule has 1 heterocycles. The molecule has 1 saturated heterocycles. The van der Waals surface area contributed by atoms with E-state index in [4.69, 9.17) is 17.2 Å². The minimum absolute atomic E-state index is 0.0324. The Morgan fingerprint density at radius 3 is 2.40 bits per heavy atom. The van der Waals surface area contributed by atoms with Gasteiger partial charge < -0.3 is 27.4 Å². The summed E-state index contributed by atoms with van der Waals surface area (Å²) < 4.78 is 13.6. The highest BCUT2D eigenvalue weighted by molar-refractivity contribution is 5.85. The van der Waals surface area contributed by atoms with Crippen LogP contribution in [0.3, 0.4) is 0 Å². The lowest BCUT2D eigenvalue weighted by Gasteiger charge is -2.40. The molecule has 110 valence electrons. The first-order valence-corrected chi connectivity index (χ1v) is 6.48. The number of hydrogen-bond acceptors (Lipinski definition) is 5. The second-order valence-corrected chi connectivity index (χ2v) is 5.12. The molecule has 1 amide bonds. The Kier molecular flexibility index (Phi) is 3.71. The monoisotopic (exact) mass is 281 g/mol. The largest absolute Gasteiger partial charge is 0.397 e. The van der Waals surface area contributed by atoms with Crippen molar-refractivity contribution < 1.29 is 9.18 Å². The van der Waals surface area contributed by atoms with Crippen molar-refractivity contribution >= 4 is 23.0 Å². The maximum absolute atomic E-state index is 13.6. The lowest BCUT2D eigenvalue weighted by Crippen LogP contribution is -2.59. The summed E-state index contributed by atoms with van der Waals surface area (Å²) in [4.78, 5) is 13.5. The lowest BCUT2D eigenvalue weighted by molar-refractivity contribution is -0.125. The summed E-state index contributed by atoms with van der Waals surface area (Å²) in [5.41, 5.74) is 17.2. The molecule has 0 radical (unpaired) electrons. The molecule has 7 N–H and O–H groups in total. The van der Waals surface area contributed by atoms with Crippen molar-refractivity contribution in [2.45, 2.75) is 18.4 Å². The van der Waals surface area contributed by atoms with E-state index in [-0.39, 0.29) is 11.6 Å². The van der Waals surface area contributed by atoms with Crippen LogP contribution in [0, 0.1) is 5.82 Å². The van der Waals surface area contributed by atoms with Gasteiger partial charge in [0.2, 0.25) is 5.91 Å². The van der Waals surface area contributed by atoms with E-state index < -0.39 is 11.4 Å². The standard InChI is InChI=1S/C13H20FN5O/c1-18-13(12(17)20)2-4-19(5-3-13)11-6-8(14)9(15)7-10(11)16/h6-7,18H,2-5,15-16H2,1H3,(H2,17,20). The first kappa shape index (κ1) is 14.4. The van der Waals surface area contributed by atoms with Crippen molar-refractivity contribution in [2.24, 2.45) is 5.73 Å². The van der Waals surface area contributed by atoms with Gasteiger partial charge in [0.15, 0.2) is 0 Å². The smallest absolute Gasteiger partial charge is 0.237 e. The molecule has 0 spiro atoms. The quantitative estimate of drug-likeness (QED) is 0.584. The summed E-state index contributed by atoms with van der Waals surface area (Å²) in [5, 5.41) is 3.00. The fourth-order valence-corrected chi connectivity index (χ4v) is 2.62. The Balaban J connectivity index is 2.19. The first-order chi connectivity index (χ1) is 9.39. The lowest BCUT2D eigenvalue weighted by atomic mass is 9.86. The molecule has 0 unspecified atom stereocenters. The molecule has 0 aliphatic carbocycles. The number of anilines is 3. The normalized spacial score (nSPS) is 18.0. The molecule has 20 heavy (non-hydrogen) atoms. The number of benzene rings is 1. The highest BCUT2D eigenvalue weighted by atomic mass is 19.1. The molecule has 6 nitrogen and oxygen atoms in total. The van der Waals surface area contributed by atoms with E-state index in [9.17, 15) is 9.18 Å². The predicted molar refractivity (Wildman–Crippen MR) is 77.7 cm³/mol. The summed E-state index contributed by atoms with van der Waals surface area (Å²) in [6.45, 7) is 1.13. The van der Waals surface area contributed by atoms with Crippen LogP contribution in [-0.2, 0) is 4.79 Å². The number of amides is 1. The predicted octanol–water partition coefficient (Wildman–Crippen LogP) is 0.0338. The number of carbonyl (C=O) groups excluding carboxylic acids is 1. The topological polar surface area (TPSA) is 110 Å². The SMILES string of the molecule is CNC1(C(N)=O)CCN(c2cc(F)c(N)cc2N)CC1. The van der Waals surface area contributed by atoms with Crippen molar-refractivity contribution in [3.05, 3.63) is 17.9 Å². The van der Waals surface area contributed by atoms with Crippen LogP contribution < -0.4 is 27.4 Å². The van der Waals surface area contributed by atoms with E-state index in [1.807, 2.05) is 4.90 Å². The zero-order valence-corrected chi connectivity index (χ0v) is 11.4. The van der Waals surface area contributed by atoms with E-state index in [1.165, 1.54) is 12.1 Å². The fraction of sp³-hybridized carbons (Fsp3) is 0.462. The maximum Gasteiger partial charge on any atom is 0.237 e. The number of carbonyl (C=O) groups is 1. The number of nitrogens with one attached hydrogen (secondary N) is 1. The number of nitrogen functional groups attached to an aromatic ring is 2. The molecule has 1 fully saturated rings. The minimum Gasteiger partial charge on any atom is -0.397 e. The number of primary amides is 1. The first-order valence-electron chi connectivity index (χ1n) is 6.48. The van der Waals surface area contributed by atoms with Crippen LogP contribution in [0.2, 0.25) is 0 Å². The molecule has 7 heteroatoms. The molecule has 0 bridgehead atoms. The molecule has 0 saturated carbocycles. The van der Waals surface area contributed by atoms with E-state index in [2.05, 4.69) is 5.32 Å². The number of nitrogens with two attached hydrogens (primary N) is 3. The third-order valence-electron chi connectivity index (χ3n) is 4.05. The van der Waals surface area contributed by atoms with Crippen LogP contribution in [0.5, 0.6) is 0 Å². The van der Waals surface area contributed by atoms with Gasteiger partial charge in [-0.15, -0.1) is 0 Å². The van der Waals surface area contributed by atoms with E-state index in [0.717, 1.165) is 0 Å².